The number of ether oxygens (including phenoxy) is 1. The van der Waals surface area contributed by atoms with Gasteiger partial charge in [-0.15, -0.1) is 11.6 Å². The number of alkyl halides is 1. The topological polar surface area (TPSA) is 21.3 Å². The minimum atomic E-state index is -0.0337. The van der Waals surface area contributed by atoms with E-state index < -0.39 is 0 Å². The van der Waals surface area contributed by atoms with Gasteiger partial charge in [0, 0.05) is 10.9 Å². The number of hydrogen-bond acceptors (Lipinski definition) is 2. The molecule has 1 unspecified atom stereocenters. The van der Waals surface area contributed by atoms with Gasteiger partial charge in [-0.3, -0.25) is 0 Å². The van der Waals surface area contributed by atoms with Gasteiger partial charge in [-0.1, -0.05) is 12.1 Å². The molecule has 1 atom stereocenters. The van der Waals surface area contributed by atoms with Crippen LogP contribution in [0.5, 0.6) is 5.75 Å². The molecule has 0 aliphatic rings. The number of benzene rings is 1. The molecular weight excluding hydrogens is 234 g/mol. The summed E-state index contributed by atoms with van der Waals surface area (Å²) < 4.78 is 5.13. The summed E-state index contributed by atoms with van der Waals surface area (Å²) in [4.78, 5) is 0. The first-order chi connectivity index (χ1) is 7.95. The lowest BCUT2D eigenvalue weighted by atomic mass is 10.0. The normalized spacial score (nSPS) is 13.5. The Morgan fingerprint density at radius 2 is 1.88 bits per heavy atom. The molecule has 0 aliphatic heterocycles. The molecule has 0 aliphatic carbocycles. The molecule has 0 aromatic heterocycles. The maximum Gasteiger partial charge on any atom is 0.118 e. The SMILES string of the molecule is COc1ccc(CCNC(C)(C)C(C)Cl)cc1. The fraction of sp³-hybridized carbons (Fsp3) is 0.571. The van der Waals surface area contributed by atoms with Crippen LogP contribution in [-0.4, -0.2) is 24.6 Å². The molecule has 1 aromatic rings. The Hall–Kier alpha value is -0.730. The summed E-state index contributed by atoms with van der Waals surface area (Å²) in [5, 5.41) is 3.58. The summed E-state index contributed by atoms with van der Waals surface area (Å²) in [5.41, 5.74) is 1.27. The van der Waals surface area contributed by atoms with E-state index in [-0.39, 0.29) is 10.9 Å². The standard InChI is InChI=1S/C14H22ClNO/c1-11(15)14(2,3)16-10-9-12-5-7-13(17-4)8-6-12/h5-8,11,16H,9-10H2,1-4H3. The Bertz CT molecular complexity index is 333. The molecule has 0 spiro atoms. The smallest absolute Gasteiger partial charge is 0.118 e. The van der Waals surface area contributed by atoms with Crippen molar-refractivity contribution in [3.8, 4) is 5.75 Å². The van der Waals surface area contributed by atoms with Crippen molar-refractivity contribution in [2.24, 2.45) is 0 Å². The molecule has 1 rings (SSSR count). The number of methoxy groups -OCH3 is 1. The fourth-order valence-corrected chi connectivity index (χ4v) is 1.54. The molecule has 1 N–H and O–H groups in total. The van der Waals surface area contributed by atoms with Crippen molar-refractivity contribution in [1.82, 2.24) is 5.32 Å². The van der Waals surface area contributed by atoms with Gasteiger partial charge in [0.25, 0.3) is 0 Å². The van der Waals surface area contributed by atoms with Gasteiger partial charge in [-0.2, -0.15) is 0 Å². The predicted octanol–water partition coefficient (Wildman–Crippen LogP) is 3.23. The highest BCUT2D eigenvalue weighted by Gasteiger charge is 2.22. The molecule has 0 radical (unpaired) electrons. The monoisotopic (exact) mass is 255 g/mol. The Morgan fingerprint density at radius 3 is 2.35 bits per heavy atom. The molecule has 0 saturated heterocycles. The van der Waals surface area contributed by atoms with Crippen molar-refractivity contribution in [1.29, 1.82) is 0 Å². The highest BCUT2D eigenvalue weighted by atomic mass is 35.5. The van der Waals surface area contributed by atoms with E-state index in [1.54, 1.807) is 7.11 Å². The van der Waals surface area contributed by atoms with Crippen molar-refractivity contribution >= 4 is 11.6 Å². The van der Waals surface area contributed by atoms with Crippen LogP contribution in [0.4, 0.5) is 0 Å². The second-order valence-electron chi connectivity index (χ2n) is 4.86. The van der Waals surface area contributed by atoms with Gasteiger partial charge in [0.15, 0.2) is 0 Å². The summed E-state index contributed by atoms with van der Waals surface area (Å²) in [7, 11) is 1.68. The maximum absolute atomic E-state index is 6.11. The van der Waals surface area contributed by atoms with Crippen LogP contribution in [0, 0.1) is 0 Å². The number of halogens is 1. The average molecular weight is 256 g/mol. The molecule has 0 amide bonds. The summed E-state index contributed by atoms with van der Waals surface area (Å²) in [6, 6.07) is 8.17. The quantitative estimate of drug-likeness (QED) is 0.788. The van der Waals surface area contributed by atoms with E-state index in [1.807, 2.05) is 19.1 Å². The van der Waals surface area contributed by atoms with Crippen molar-refractivity contribution in [3.63, 3.8) is 0 Å². The van der Waals surface area contributed by atoms with Gasteiger partial charge in [-0.25, -0.2) is 0 Å². The van der Waals surface area contributed by atoms with E-state index >= 15 is 0 Å². The van der Waals surface area contributed by atoms with Gasteiger partial charge >= 0.3 is 0 Å². The summed E-state index contributed by atoms with van der Waals surface area (Å²) >= 11 is 6.11. The second kappa shape index (κ2) is 6.27. The molecule has 17 heavy (non-hydrogen) atoms. The molecule has 1 aromatic carbocycles. The second-order valence-corrected chi connectivity index (χ2v) is 5.52. The van der Waals surface area contributed by atoms with Gasteiger partial charge in [0.05, 0.1) is 7.11 Å². The van der Waals surface area contributed by atoms with E-state index in [9.17, 15) is 0 Å². The lowest BCUT2D eigenvalue weighted by molar-refractivity contribution is 0.385. The summed E-state index contributed by atoms with van der Waals surface area (Å²) in [6.45, 7) is 7.19. The molecule has 0 saturated carbocycles. The molecule has 0 fully saturated rings. The number of hydrogen-bond donors (Lipinski definition) is 1. The minimum absolute atomic E-state index is 0.0337. The minimum Gasteiger partial charge on any atom is -0.497 e. The number of nitrogens with one attached hydrogen (secondary N) is 1. The molecule has 2 nitrogen and oxygen atoms in total. The zero-order valence-corrected chi connectivity index (χ0v) is 11.8. The Balaban J connectivity index is 2.40. The lowest BCUT2D eigenvalue weighted by Crippen LogP contribution is -2.46. The highest BCUT2D eigenvalue weighted by Crippen LogP contribution is 2.15. The molecule has 96 valence electrons. The van der Waals surface area contributed by atoms with Gasteiger partial charge < -0.3 is 10.1 Å². The zero-order valence-electron chi connectivity index (χ0n) is 11.1. The van der Waals surface area contributed by atoms with Crippen molar-refractivity contribution < 1.29 is 4.74 Å². The Labute approximate surface area is 109 Å². The van der Waals surface area contributed by atoms with E-state index in [4.69, 9.17) is 16.3 Å². The summed E-state index contributed by atoms with van der Waals surface area (Å²) in [6.07, 6.45) is 0.997. The van der Waals surface area contributed by atoms with Crippen LogP contribution in [0.15, 0.2) is 24.3 Å². The predicted molar refractivity (Wildman–Crippen MR) is 74.1 cm³/mol. The van der Waals surface area contributed by atoms with Crippen LogP contribution in [-0.2, 0) is 6.42 Å². The molecule has 3 heteroatoms. The highest BCUT2D eigenvalue weighted by molar-refractivity contribution is 6.21. The molecule has 0 bridgehead atoms. The van der Waals surface area contributed by atoms with Crippen molar-refractivity contribution in [2.45, 2.75) is 38.1 Å². The third-order valence-electron chi connectivity index (χ3n) is 3.15. The average Bonchev–Trinajstić information content (AvgIpc) is 2.29. The van der Waals surface area contributed by atoms with Crippen LogP contribution in [0.2, 0.25) is 0 Å². The Kier molecular flexibility index (Phi) is 5.29. The number of rotatable bonds is 6. The van der Waals surface area contributed by atoms with Crippen molar-refractivity contribution in [3.05, 3.63) is 29.8 Å². The van der Waals surface area contributed by atoms with E-state index in [0.717, 1.165) is 18.7 Å². The molecule has 0 heterocycles. The summed E-state index contributed by atoms with van der Waals surface area (Å²) in [5.74, 6) is 0.899. The van der Waals surface area contributed by atoms with E-state index in [0.29, 0.717) is 0 Å². The van der Waals surface area contributed by atoms with Crippen molar-refractivity contribution in [2.75, 3.05) is 13.7 Å². The molecular formula is C14H22ClNO. The fourth-order valence-electron chi connectivity index (χ4n) is 1.46. The van der Waals surface area contributed by atoms with E-state index in [1.165, 1.54) is 5.56 Å². The zero-order chi connectivity index (χ0) is 12.9. The van der Waals surface area contributed by atoms with E-state index in [2.05, 4.69) is 31.3 Å². The Morgan fingerprint density at radius 1 is 1.29 bits per heavy atom. The van der Waals surface area contributed by atoms with Gasteiger partial charge in [0.1, 0.15) is 5.75 Å². The van der Waals surface area contributed by atoms with Crippen LogP contribution in [0.25, 0.3) is 0 Å². The van der Waals surface area contributed by atoms with Crippen LogP contribution in [0.3, 0.4) is 0 Å². The largest absolute Gasteiger partial charge is 0.497 e. The third kappa shape index (κ3) is 4.57. The maximum atomic E-state index is 6.11. The lowest BCUT2D eigenvalue weighted by Gasteiger charge is -2.29. The first kappa shape index (κ1) is 14.3. The van der Waals surface area contributed by atoms with Gasteiger partial charge in [0.2, 0.25) is 0 Å². The van der Waals surface area contributed by atoms with Crippen LogP contribution in [0.1, 0.15) is 26.3 Å². The first-order valence-corrected chi connectivity index (χ1v) is 6.41. The van der Waals surface area contributed by atoms with Gasteiger partial charge in [-0.05, 0) is 51.4 Å². The first-order valence-electron chi connectivity index (χ1n) is 5.98. The van der Waals surface area contributed by atoms with Crippen LogP contribution < -0.4 is 10.1 Å². The van der Waals surface area contributed by atoms with Crippen LogP contribution >= 0.6 is 11.6 Å². The third-order valence-corrected chi connectivity index (χ3v) is 3.69.